The first-order chi connectivity index (χ1) is 15.7. The largest absolute Gasteiger partial charge is 0.421 e. The third kappa shape index (κ3) is 6.28. The van der Waals surface area contributed by atoms with E-state index in [1.807, 2.05) is 0 Å². The molecular formula is C22H24F3N5O3. The molecule has 1 aromatic heterocycles. The fourth-order valence-electron chi connectivity index (χ4n) is 3.69. The summed E-state index contributed by atoms with van der Waals surface area (Å²) in [6.45, 7) is 2.82. The Labute approximate surface area is 188 Å². The Morgan fingerprint density at radius 2 is 1.94 bits per heavy atom. The van der Waals surface area contributed by atoms with Gasteiger partial charge in [0, 0.05) is 18.2 Å². The number of aliphatic hydroxyl groups excluding tert-OH is 1. The van der Waals surface area contributed by atoms with Crippen molar-refractivity contribution in [2.75, 3.05) is 22.6 Å². The number of carbonyl (C=O) groups is 2. The van der Waals surface area contributed by atoms with Gasteiger partial charge in [-0.25, -0.2) is 4.98 Å². The molecule has 0 saturated heterocycles. The van der Waals surface area contributed by atoms with Crippen molar-refractivity contribution in [3.63, 3.8) is 0 Å². The van der Waals surface area contributed by atoms with Crippen LogP contribution in [0.1, 0.15) is 31.2 Å². The summed E-state index contributed by atoms with van der Waals surface area (Å²) < 4.78 is 40.8. The Morgan fingerprint density at radius 3 is 2.61 bits per heavy atom. The molecule has 1 amide bonds. The Morgan fingerprint density at radius 1 is 1.21 bits per heavy atom. The van der Waals surface area contributed by atoms with Gasteiger partial charge in [-0.3, -0.25) is 9.59 Å². The molecule has 3 rings (SSSR count). The Kier molecular flexibility index (Phi) is 7.64. The highest BCUT2D eigenvalue weighted by atomic mass is 19.4. The highest BCUT2D eigenvalue weighted by Crippen LogP contribution is 2.36. The highest BCUT2D eigenvalue weighted by Gasteiger charge is 2.36. The Hall–Kier alpha value is -3.47. The standard InChI is InChI=1S/C22H24F3N5O3/c1-2-19(33)28-16-8-3-4-9-17(16)29-20-15(22(23,24)25)11-26-21(30-20)27-14-7-5-6-13(10-14)18(32)12-31/h2-4,8-9,11,13-14,31H,1,5-7,10,12H2,(H,28,33)(H2,26,27,29,30)/t13?,14-/m0/s1. The fourth-order valence-corrected chi connectivity index (χ4v) is 3.69. The number of alkyl halides is 3. The summed E-state index contributed by atoms with van der Waals surface area (Å²) >= 11 is 0. The van der Waals surface area contributed by atoms with Gasteiger partial charge >= 0.3 is 6.18 Å². The average Bonchev–Trinajstić information content (AvgIpc) is 2.79. The zero-order chi connectivity index (χ0) is 24.0. The number of aliphatic hydroxyl groups is 1. The molecule has 0 spiro atoms. The van der Waals surface area contributed by atoms with Crippen LogP contribution in [0.3, 0.4) is 0 Å². The lowest BCUT2D eigenvalue weighted by Crippen LogP contribution is -2.32. The number of Topliss-reactive ketones (excluding diaryl/α,β-unsaturated/α-hetero) is 1. The van der Waals surface area contributed by atoms with Crippen LogP contribution in [0.25, 0.3) is 0 Å². The molecule has 2 atom stereocenters. The first-order valence-corrected chi connectivity index (χ1v) is 10.3. The predicted molar refractivity (Wildman–Crippen MR) is 117 cm³/mol. The van der Waals surface area contributed by atoms with Gasteiger partial charge in [-0.05, 0) is 37.5 Å². The molecule has 0 bridgehead atoms. The van der Waals surface area contributed by atoms with Gasteiger partial charge < -0.3 is 21.1 Å². The quantitative estimate of drug-likeness (QED) is 0.439. The zero-order valence-electron chi connectivity index (χ0n) is 17.7. The first kappa shape index (κ1) is 24.2. The summed E-state index contributed by atoms with van der Waals surface area (Å²) in [5.41, 5.74) is -0.620. The van der Waals surface area contributed by atoms with Crippen molar-refractivity contribution in [1.82, 2.24) is 9.97 Å². The van der Waals surface area contributed by atoms with Gasteiger partial charge in [-0.1, -0.05) is 25.1 Å². The smallest absolute Gasteiger partial charge is 0.389 e. The number of carbonyl (C=O) groups excluding carboxylic acids is 2. The van der Waals surface area contributed by atoms with Gasteiger partial charge in [-0.2, -0.15) is 18.2 Å². The number of halogens is 3. The van der Waals surface area contributed by atoms with E-state index in [0.717, 1.165) is 12.5 Å². The van der Waals surface area contributed by atoms with E-state index >= 15 is 0 Å². The van der Waals surface area contributed by atoms with Crippen LogP contribution in [0.4, 0.5) is 36.3 Å². The summed E-state index contributed by atoms with van der Waals surface area (Å²) in [5.74, 6) is -1.60. The molecular weight excluding hydrogens is 439 g/mol. The SMILES string of the molecule is C=CC(=O)Nc1ccccc1Nc1nc(N[C@H]2CCCC(C(=O)CO)C2)ncc1C(F)(F)F. The van der Waals surface area contributed by atoms with Crippen LogP contribution in [0.15, 0.2) is 43.1 Å². The van der Waals surface area contributed by atoms with Crippen molar-refractivity contribution >= 4 is 34.8 Å². The molecule has 1 saturated carbocycles. The number of ketones is 1. The number of amides is 1. The van der Waals surface area contributed by atoms with Gasteiger partial charge in [0.15, 0.2) is 5.78 Å². The molecule has 33 heavy (non-hydrogen) atoms. The highest BCUT2D eigenvalue weighted by molar-refractivity contribution is 6.01. The fraction of sp³-hybridized carbons (Fsp3) is 0.364. The van der Waals surface area contributed by atoms with E-state index in [1.54, 1.807) is 12.1 Å². The van der Waals surface area contributed by atoms with Crippen LogP contribution < -0.4 is 16.0 Å². The van der Waals surface area contributed by atoms with E-state index in [4.69, 9.17) is 5.11 Å². The molecule has 1 unspecified atom stereocenters. The van der Waals surface area contributed by atoms with E-state index < -0.39 is 30.1 Å². The van der Waals surface area contributed by atoms with E-state index in [2.05, 4.69) is 32.5 Å². The number of nitrogens with zero attached hydrogens (tertiary/aromatic N) is 2. The monoisotopic (exact) mass is 463 g/mol. The van der Waals surface area contributed by atoms with E-state index in [1.165, 1.54) is 12.1 Å². The number of rotatable bonds is 8. The summed E-state index contributed by atoms with van der Waals surface area (Å²) in [6.07, 6.45) is -0.474. The number of nitrogens with one attached hydrogen (secondary N) is 3. The van der Waals surface area contributed by atoms with Crippen molar-refractivity contribution in [1.29, 1.82) is 0 Å². The number of benzene rings is 1. The lowest BCUT2D eigenvalue weighted by Gasteiger charge is -2.28. The van der Waals surface area contributed by atoms with Crippen LogP contribution in [0.5, 0.6) is 0 Å². The van der Waals surface area contributed by atoms with Crippen LogP contribution in [-0.2, 0) is 15.8 Å². The number of para-hydroxylation sites is 2. The number of hydrogen-bond acceptors (Lipinski definition) is 7. The Bertz CT molecular complexity index is 1030. The average molecular weight is 463 g/mol. The second kappa shape index (κ2) is 10.4. The minimum Gasteiger partial charge on any atom is -0.389 e. The molecule has 8 nitrogen and oxygen atoms in total. The second-order valence-electron chi connectivity index (χ2n) is 7.65. The third-order valence-corrected chi connectivity index (χ3v) is 5.34. The maximum absolute atomic E-state index is 13.6. The van der Waals surface area contributed by atoms with Crippen LogP contribution in [-0.4, -0.2) is 39.4 Å². The van der Waals surface area contributed by atoms with Crippen molar-refractivity contribution in [2.45, 2.75) is 37.9 Å². The van der Waals surface area contributed by atoms with Crippen LogP contribution >= 0.6 is 0 Å². The molecule has 4 N–H and O–H groups in total. The summed E-state index contributed by atoms with van der Waals surface area (Å²) in [5, 5.41) is 17.3. The van der Waals surface area contributed by atoms with Crippen molar-refractivity contribution in [2.24, 2.45) is 5.92 Å². The maximum atomic E-state index is 13.6. The summed E-state index contributed by atoms with van der Waals surface area (Å²) in [4.78, 5) is 31.4. The van der Waals surface area contributed by atoms with Crippen LogP contribution in [0.2, 0.25) is 0 Å². The molecule has 1 aromatic carbocycles. The van der Waals surface area contributed by atoms with E-state index in [0.29, 0.717) is 25.5 Å². The molecule has 2 aromatic rings. The van der Waals surface area contributed by atoms with E-state index in [9.17, 15) is 22.8 Å². The number of hydrogen-bond donors (Lipinski definition) is 4. The van der Waals surface area contributed by atoms with Gasteiger partial charge in [0.1, 0.15) is 18.0 Å². The van der Waals surface area contributed by atoms with Crippen molar-refractivity contribution in [3.8, 4) is 0 Å². The molecule has 176 valence electrons. The van der Waals surface area contributed by atoms with E-state index in [-0.39, 0.29) is 35.1 Å². The molecule has 0 aliphatic heterocycles. The predicted octanol–water partition coefficient (Wildman–Crippen LogP) is 3.90. The topological polar surface area (TPSA) is 116 Å². The van der Waals surface area contributed by atoms with Gasteiger partial charge in [0.05, 0.1) is 11.4 Å². The second-order valence-corrected chi connectivity index (χ2v) is 7.65. The lowest BCUT2D eigenvalue weighted by atomic mass is 9.83. The maximum Gasteiger partial charge on any atom is 0.421 e. The molecule has 0 radical (unpaired) electrons. The van der Waals surface area contributed by atoms with Crippen molar-refractivity contribution < 1.29 is 27.9 Å². The molecule has 1 heterocycles. The Balaban J connectivity index is 1.87. The van der Waals surface area contributed by atoms with Gasteiger partial charge in [0.2, 0.25) is 11.9 Å². The summed E-state index contributed by atoms with van der Waals surface area (Å²) in [6, 6.07) is 6.02. The normalized spacial score (nSPS) is 18.3. The van der Waals surface area contributed by atoms with Gasteiger partial charge in [0.25, 0.3) is 0 Å². The van der Waals surface area contributed by atoms with Crippen LogP contribution in [0, 0.1) is 5.92 Å². The first-order valence-electron chi connectivity index (χ1n) is 10.3. The molecule has 1 aliphatic rings. The number of aromatic nitrogens is 2. The van der Waals surface area contributed by atoms with Crippen molar-refractivity contribution in [3.05, 3.63) is 48.7 Å². The minimum absolute atomic E-state index is 0.0276. The molecule has 1 aliphatic carbocycles. The minimum atomic E-state index is -4.72. The number of anilines is 4. The summed E-state index contributed by atoms with van der Waals surface area (Å²) in [7, 11) is 0. The zero-order valence-corrected chi connectivity index (χ0v) is 17.7. The molecule has 11 heteroatoms. The van der Waals surface area contributed by atoms with Gasteiger partial charge in [-0.15, -0.1) is 0 Å². The third-order valence-electron chi connectivity index (χ3n) is 5.34. The lowest BCUT2D eigenvalue weighted by molar-refractivity contribution is -0.137. The molecule has 1 fully saturated rings.